The monoisotopic (exact) mass is 228 g/mol. The van der Waals surface area contributed by atoms with Gasteiger partial charge >= 0.3 is 0 Å². The summed E-state index contributed by atoms with van der Waals surface area (Å²) < 4.78 is 23.5. The lowest BCUT2D eigenvalue weighted by Crippen LogP contribution is -2.01. The molecule has 0 spiro atoms. The average molecular weight is 228 g/mol. The second kappa shape index (κ2) is 3.03. The zero-order valence-electron chi connectivity index (χ0n) is 7.14. The Bertz CT molecular complexity index is 515. The summed E-state index contributed by atoms with van der Waals surface area (Å²) in [4.78, 5) is 0.237. The van der Waals surface area contributed by atoms with Crippen LogP contribution in [0.25, 0.3) is 6.08 Å². The highest BCUT2D eigenvalue weighted by Gasteiger charge is 2.31. The fraction of sp³-hybridized carbons (Fsp3) is 0.111. The van der Waals surface area contributed by atoms with Gasteiger partial charge in [0.1, 0.15) is 10.6 Å². The lowest BCUT2D eigenvalue weighted by molar-refractivity contribution is 0.459. The molecule has 5 heteroatoms. The number of aromatic hydroxyl groups is 1. The van der Waals surface area contributed by atoms with Crippen LogP contribution in [0.1, 0.15) is 5.56 Å². The first-order valence-corrected chi connectivity index (χ1v) is 6.07. The first-order valence-electron chi connectivity index (χ1n) is 3.96. The van der Waals surface area contributed by atoms with Gasteiger partial charge in [-0.25, -0.2) is 8.42 Å². The van der Waals surface area contributed by atoms with Gasteiger partial charge in [0, 0.05) is 5.75 Å². The number of sulfone groups is 1. The molecule has 1 aliphatic heterocycles. The maximum atomic E-state index is 11.8. The number of rotatable bonds is 1. The highest BCUT2D eigenvalue weighted by Crippen LogP contribution is 2.38. The molecular weight excluding hydrogens is 220 g/mol. The SMILES string of the molecule is O=S1(=O)C(CS)=Cc2cccc(O)c21. The van der Waals surface area contributed by atoms with Crippen molar-refractivity contribution in [2.45, 2.75) is 4.90 Å². The summed E-state index contributed by atoms with van der Waals surface area (Å²) in [6, 6.07) is 4.64. The smallest absolute Gasteiger partial charge is 0.207 e. The highest BCUT2D eigenvalue weighted by molar-refractivity contribution is 7.97. The number of phenols is 1. The first-order chi connectivity index (χ1) is 6.57. The van der Waals surface area contributed by atoms with E-state index in [-0.39, 0.29) is 21.3 Å². The summed E-state index contributed by atoms with van der Waals surface area (Å²) in [7, 11) is -3.49. The third kappa shape index (κ3) is 1.16. The molecule has 0 aromatic heterocycles. The van der Waals surface area contributed by atoms with E-state index in [1.165, 1.54) is 12.1 Å². The van der Waals surface area contributed by atoms with E-state index in [2.05, 4.69) is 12.6 Å². The number of hydrogen-bond donors (Lipinski definition) is 2. The van der Waals surface area contributed by atoms with Crippen LogP contribution in [0, 0.1) is 0 Å². The summed E-state index contributed by atoms with van der Waals surface area (Å²) in [5.74, 6) is -0.0493. The minimum absolute atomic E-state index is 0.00375. The first kappa shape index (κ1) is 9.61. The zero-order valence-corrected chi connectivity index (χ0v) is 8.85. The molecule has 14 heavy (non-hydrogen) atoms. The van der Waals surface area contributed by atoms with Crippen LogP contribution < -0.4 is 0 Å². The molecule has 0 unspecified atom stereocenters. The second-order valence-corrected chi connectivity index (χ2v) is 5.22. The van der Waals surface area contributed by atoms with Gasteiger partial charge in [0.15, 0.2) is 0 Å². The van der Waals surface area contributed by atoms with Crippen molar-refractivity contribution in [3.05, 3.63) is 28.7 Å². The molecule has 0 atom stereocenters. The summed E-state index contributed by atoms with van der Waals surface area (Å²) in [5, 5.41) is 9.44. The molecule has 3 nitrogen and oxygen atoms in total. The Labute approximate surface area is 87.4 Å². The molecule has 0 bridgehead atoms. The van der Waals surface area contributed by atoms with Gasteiger partial charge in [-0.3, -0.25) is 0 Å². The van der Waals surface area contributed by atoms with Gasteiger partial charge in [0.2, 0.25) is 9.84 Å². The van der Waals surface area contributed by atoms with Crippen molar-refractivity contribution < 1.29 is 13.5 Å². The van der Waals surface area contributed by atoms with Crippen molar-refractivity contribution in [2.75, 3.05) is 5.75 Å². The van der Waals surface area contributed by atoms with Gasteiger partial charge in [-0.2, -0.15) is 12.6 Å². The summed E-state index contributed by atoms with van der Waals surface area (Å²) in [6.45, 7) is 0. The molecule has 1 heterocycles. The van der Waals surface area contributed by atoms with Crippen LogP contribution >= 0.6 is 12.6 Å². The van der Waals surface area contributed by atoms with Gasteiger partial charge in [-0.15, -0.1) is 0 Å². The third-order valence-electron chi connectivity index (χ3n) is 2.11. The fourth-order valence-corrected chi connectivity index (χ4v) is 3.56. The lowest BCUT2D eigenvalue weighted by Gasteiger charge is -2.02. The maximum absolute atomic E-state index is 11.8. The highest BCUT2D eigenvalue weighted by atomic mass is 32.2. The fourth-order valence-electron chi connectivity index (χ4n) is 1.46. The molecule has 0 radical (unpaired) electrons. The summed E-state index contributed by atoms with van der Waals surface area (Å²) in [6.07, 6.45) is 1.54. The minimum Gasteiger partial charge on any atom is -0.507 e. The van der Waals surface area contributed by atoms with Crippen molar-refractivity contribution in [1.82, 2.24) is 0 Å². The number of hydrogen-bond acceptors (Lipinski definition) is 4. The Balaban J connectivity index is 2.78. The lowest BCUT2D eigenvalue weighted by atomic mass is 10.2. The van der Waals surface area contributed by atoms with Crippen LogP contribution in [-0.2, 0) is 9.84 Å². The molecular formula is C9H8O3S2. The van der Waals surface area contributed by atoms with E-state index >= 15 is 0 Å². The predicted octanol–water partition coefficient (Wildman–Crippen LogP) is 1.45. The van der Waals surface area contributed by atoms with E-state index in [1.807, 2.05) is 0 Å². The molecule has 1 aromatic rings. The van der Waals surface area contributed by atoms with Gasteiger partial charge in [0.25, 0.3) is 0 Å². The Morgan fingerprint density at radius 3 is 2.64 bits per heavy atom. The van der Waals surface area contributed by atoms with E-state index in [4.69, 9.17) is 0 Å². The standard InChI is InChI=1S/C9H8O3S2/c10-8-3-1-2-6-4-7(5-13)14(11,12)9(6)8/h1-4,10,13H,5H2. The molecule has 2 rings (SSSR count). The molecule has 0 aliphatic carbocycles. The Kier molecular flexibility index (Phi) is 2.08. The molecule has 0 amide bonds. The van der Waals surface area contributed by atoms with E-state index < -0.39 is 9.84 Å². The van der Waals surface area contributed by atoms with Crippen LogP contribution in [0.2, 0.25) is 0 Å². The number of fused-ring (bicyclic) bond motifs is 1. The zero-order chi connectivity index (χ0) is 10.3. The molecule has 1 N–H and O–H groups in total. The molecule has 0 fully saturated rings. The molecule has 0 saturated heterocycles. The van der Waals surface area contributed by atoms with Crippen LogP contribution in [0.3, 0.4) is 0 Å². The number of benzene rings is 1. The van der Waals surface area contributed by atoms with Crippen LogP contribution in [-0.4, -0.2) is 19.3 Å². The van der Waals surface area contributed by atoms with Crippen molar-refractivity contribution in [3.8, 4) is 5.75 Å². The maximum Gasteiger partial charge on any atom is 0.207 e. The second-order valence-electron chi connectivity index (χ2n) is 2.97. The van der Waals surface area contributed by atoms with E-state index in [1.54, 1.807) is 12.1 Å². The average Bonchev–Trinajstić information content (AvgIpc) is 2.38. The van der Waals surface area contributed by atoms with Crippen molar-refractivity contribution in [3.63, 3.8) is 0 Å². The quantitative estimate of drug-likeness (QED) is 0.715. The minimum atomic E-state index is -3.49. The normalized spacial score (nSPS) is 17.6. The predicted molar refractivity (Wildman–Crippen MR) is 57.1 cm³/mol. The summed E-state index contributed by atoms with van der Waals surface area (Å²) in [5.41, 5.74) is 0.536. The van der Waals surface area contributed by atoms with Crippen LogP contribution in [0.5, 0.6) is 5.75 Å². The van der Waals surface area contributed by atoms with Crippen LogP contribution in [0.4, 0.5) is 0 Å². The molecule has 0 saturated carbocycles. The molecule has 74 valence electrons. The van der Waals surface area contributed by atoms with Crippen molar-refractivity contribution in [1.29, 1.82) is 0 Å². The Morgan fingerprint density at radius 1 is 1.36 bits per heavy atom. The van der Waals surface area contributed by atoms with Crippen molar-refractivity contribution >= 4 is 28.5 Å². The van der Waals surface area contributed by atoms with E-state index in [0.29, 0.717) is 5.56 Å². The number of thiol groups is 1. The summed E-state index contributed by atoms with van der Waals surface area (Å²) >= 11 is 3.94. The van der Waals surface area contributed by atoms with Gasteiger partial charge in [-0.05, 0) is 17.7 Å². The van der Waals surface area contributed by atoms with E-state index in [9.17, 15) is 13.5 Å². The Morgan fingerprint density at radius 2 is 2.07 bits per heavy atom. The largest absolute Gasteiger partial charge is 0.507 e. The molecule has 1 aliphatic rings. The topological polar surface area (TPSA) is 54.4 Å². The van der Waals surface area contributed by atoms with Gasteiger partial charge in [0.05, 0.1) is 4.91 Å². The van der Waals surface area contributed by atoms with E-state index in [0.717, 1.165) is 0 Å². The van der Waals surface area contributed by atoms with Gasteiger partial charge < -0.3 is 5.11 Å². The number of phenolic OH excluding ortho intramolecular Hbond substituents is 1. The molecule has 1 aromatic carbocycles. The van der Waals surface area contributed by atoms with Crippen LogP contribution in [0.15, 0.2) is 28.0 Å². The van der Waals surface area contributed by atoms with Gasteiger partial charge in [-0.1, -0.05) is 12.1 Å². The Hall–Kier alpha value is -0.940. The van der Waals surface area contributed by atoms with Crippen molar-refractivity contribution in [2.24, 2.45) is 0 Å². The third-order valence-corrected chi connectivity index (χ3v) is 4.60.